The Morgan fingerprint density at radius 3 is 2.81 bits per heavy atom. The van der Waals surface area contributed by atoms with E-state index in [1.165, 1.54) is 38.8 Å². The number of hydrogen-bond donors (Lipinski definition) is 0. The Hall–Kier alpha value is -1.75. The second-order valence-electron chi connectivity index (χ2n) is 7.67. The minimum Gasteiger partial charge on any atom is -0.493 e. The van der Waals surface area contributed by atoms with Crippen molar-refractivity contribution in [1.82, 2.24) is 4.90 Å². The molecule has 5 heteroatoms. The largest absolute Gasteiger partial charge is 0.493 e. The molecule has 0 aromatic heterocycles. The lowest BCUT2D eigenvalue weighted by Crippen LogP contribution is -2.49. The van der Waals surface area contributed by atoms with Gasteiger partial charge in [-0.3, -0.25) is 4.90 Å². The summed E-state index contributed by atoms with van der Waals surface area (Å²) in [5, 5.41) is 0. The summed E-state index contributed by atoms with van der Waals surface area (Å²) in [5.41, 5.74) is 0.519. The highest BCUT2D eigenvalue weighted by molar-refractivity contribution is 5.90. The summed E-state index contributed by atoms with van der Waals surface area (Å²) in [6.45, 7) is 5.68. The number of rotatable bonds is 8. The lowest BCUT2D eigenvalue weighted by Gasteiger charge is -2.44. The Balaban J connectivity index is 1.57. The van der Waals surface area contributed by atoms with Crippen LogP contribution in [0.1, 0.15) is 62.2 Å². The van der Waals surface area contributed by atoms with E-state index in [0.717, 1.165) is 19.3 Å². The molecule has 3 rings (SSSR count). The smallest absolute Gasteiger partial charge is 0.338 e. The predicted octanol–water partition coefficient (Wildman–Crippen LogP) is 4.30. The Bertz CT molecular complexity index is 616. The third-order valence-electron chi connectivity index (χ3n) is 5.81. The van der Waals surface area contributed by atoms with Crippen LogP contribution in [-0.4, -0.2) is 50.3 Å². The average Bonchev–Trinajstić information content (AvgIpc) is 2.72. The Kier molecular flexibility index (Phi) is 7.39. The van der Waals surface area contributed by atoms with Gasteiger partial charge in [0.25, 0.3) is 0 Å². The Morgan fingerprint density at radius 1 is 1.15 bits per heavy atom. The summed E-state index contributed by atoms with van der Waals surface area (Å²) in [4.78, 5) is 15.1. The number of piperidine rings is 2. The van der Waals surface area contributed by atoms with Crippen molar-refractivity contribution < 1.29 is 19.0 Å². The zero-order valence-corrected chi connectivity index (χ0v) is 16.7. The van der Waals surface area contributed by atoms with E-state index in [9.17, 15) is 4.79 Å². The molecular weight excluding hydrogens is 342 g/mol. The fraction of sp³-hybridized carbons (Fsp3) is 0.682. The molecule has 2 atom stereocenters. The van der Waals surface area contributed by atoms with Gasteiger partial charge in [-0.25, -0.2) is 4.79 Å². The van der Waals surface area contributed by atoms with Crippen molar-refractivity contribution in [1.29, 1.82) is 0 Å². The molecule has 27 heavy (non-hydrogen) atoms. The van der Waals surface area contributed by atoms with Crippen LogP contribution in [0, 0.1) is 5.92 Å². The first-order valence-electron chi connectivity index (χ1n) is 10.4. The minimum absolute atomic E-state index is 0.277. The maximum Gasteiger partial charge on any atom is 0.338 e. The van der Waals surface area contributed by atoms with Crippen LogP contribution in [0.15, 0.2) is 18.2 Å². The lowest BCUT2D eigenvalue weighted by atomic mass is 9.84. The van der Waals surface area contributed by atoms with Gasteiger partial charge in [0.2, 0.25) is 0 Å². The van der Waals surface area contributed by atoms with Gasteiger partial charge in [-0.2, -0.15) is 0 Å². The molecule has 0 aliphatic carbocycles. The average molecular weight is 376 g/mol. The van der Waals surface area contributed by atoms with Crippen molar-refractivity contribution >= 4 is 5.97 Å². The van der Waals surface area contributed by atoms with Crippen LogP contribution < -0.4 is 9.47 Å². The normalized spacial score (nSPS) is 22.7. The number of hydrogen-bond acceptors (Lipinski definition) is 5. The van der Waals surface area contributed by atoms with Gasteiger partial charge in [0.1, 0.15) is 0 Å². The molecule has 2 saturated heterocycles. The number of unbranched alkanes of at least 4 members (excludes halogenated alkanes) is 1. The van der Waals surface area contributed by atoms with Crippen molar-refractivity contribution in [3.8, 4) is 11.5 Å². The molecule has 5 nitrogen and oxygen atoms in total. The van der Waals surface area contributed by atoms with E-state index in [1.807, 2.05) is 0 Å². The van der Waals surface area contributed by atoms with Crippen LogP contribution in [0.2, 0.25) is 0 Å². The van der Waals surface area contributed by atoms with Crippen molar-refractivity contribution in [2.45, 2.75) is 57.9 Å². The van der Waals surface area contributed by atoms with Gasteiger partial charge in [-0.15, -0.1) is 0 Å². The van der Waals surface area contributed by atoms with E-state index in [-0.39, 0.29) is 5.97 Å². The summed E-state index contributed by atoms with van der Waals surface area (Å²) >= 11 is 0. The van der Waals surface area contributed by atoms with E-state index in [4.69, 9.17) is 14.2 Å². The number of fused-ring (bicyclic) bond motifs is 1. The maximum absolute atomic E-state index is 12.6. The molecule has 2 heterocycles. The van der Waals surface area contributed by atoms with Gasteiger partial charge in [0.05, 0.1) is 25.9 Å². The molecular formula is C22H33NO4. The lowest BCUT2D eigenvalue weighted by molar-refractivity contribution is 0.00737. The SMILES string of the molecule is CCCCOc1ccc(C(=O)OC[C@@H]2CCCN3CCCC[C@H]23)cc1OC. The molecule has 1 aromatic carbocycles. The summed E-state index contributed by atoms with van der Waals surface area (Å²) in [5.74, 6) is 1.44. The van der Waals surface area contributed by atoms with E-state index in [0.29, 0.717) is 42.2 Å². The number of methoxy groups -OCH3 is 1. The number of esters is 1. The van der Waals surface area contributed by atoms with E-state index >= 15 is 0 Å². The number of carbonyl (C=O) groups is 1. The molecule has 0 bridgehead atoms. The molecule has 150 valence electrons. The van der Waals surface area contributed by atoms with Crippen LogP contribution >= 0.6 is 0 Å². The number of nitrogens with zero attached hydrogens (tertiary/aromatic N) is 1. The van der Waals surface area contributed by atoms with Gasteiger partial charge < -0.3 is 14.2 Å². The van der Waals surface area contributed by atoms with Gasteiger partial charge in [-0.1, -0.05) is 19.8 Å². The highest BCUT2D eigenvalue weighted by Gasteiger charge is 2.33. The number of ether oxygens (including phenoxy) is 3. The van der Waals surface area contributed by atoms with Crippen molar-refractivity contribution in [2.24, 2.45) is 5.92 Å². The molecule has 0 N–H and O–H groups in total. The highest BCUT2D eigenvalue weighted by atomic mass is 16.5. The molecule has 2 fully saturated rings. The zero-order valence-electron chi connectivity index (χ0n) is 16.7. The first-order chi connectivity index (χ1) is 13.2. The third-order valence-corrected chi connectivity index (χ3v) is 5.81. The van der Waals surface area contributed by atoms with E-state index in [2.05, 4.69) is 11.8 Å². The molecule has 0 amide bonds. The standard InChI is InChI=1S/C22H33NO4/c1-3-4-14-26-20-11-10-17(15-21(20)25-2)22(24)27-16-18-8-7-13-23-12-6-5-9-19(18)23/h10-11,15,18-19H,3-9,12-14,16H2,1-2H3/t18-,19+/m0/s1. The highest BCUT2D eigenvalue weighted by Crippen LogP contribution is 2.32. The molecule has 2 aliphatic heterocycles. The van der Waals surface area contributed by atoms with Crippen LogP contribution in [0.4, 0.5) is 0 Å². The Morgan fingerprint density at radius 2 is 2.00 bits per heavy atom. The second kappa shape index (κ2) is 9.98. The Labute approximate surface area is 163 Å². The van der Waals surface area contributed by atoms with Crippen LogP contribution in [0.3, 0.4) is 0 Å². The van der Waals surface area contributed by atoms with Gasteiger partial charge >= 0.3 is 5.97 Å². The molecule has 0 radical (unpaired) electrons. The fourth-order valence-electron chi connectivity index (χ4n) is 4.28. The molecule has 2 aliphatic rings. The van der Waals surface area contributed by atoms with Crippen LogP contribution in [-0.2, 0) is 4.74 Å². The topological polar surface area (TPSA) is 48.0 Å². The van der Waals surface area contributed by atoms with E-state index in [1.54, 1.807) is 25.3 Å². The fourth-order valence-corrected chi connectivity index (χ4v) is 4.28. The van der Waals surface area contributed by atoms with Crippen molar-refractivity contribution in [3.63, 3.8) is 0 Å². The molecule has 0 saturated carbocycles. The summed E-state index contributed by atoms with van der Waals surface area (Å²) in [7, 11) is 1.59. The zero-order chi connectivity index (χ0) is 19.1. The molecule has 0 unspecified atom stereocenters. The van der Waals surface area contributed by atoms with Crippen LogP contribution in [0.25, 0.3) is 0 Å². The van der Waals surface area contributed by atoms with Gasteiger partial charge in [0.15, 0.2) is 11.5 Å². The molecule has 0 spiro atoms. The third kappa shape index (κ3) is 5.16. The van der Waals surface area contributed by atoms with Crippen LogP contribution in [0.5, 0.6) is 11.5 Å². The predicted molar refractivity (Wildman–Crippen MR) is 106 cm³/mol. The number of carbonyl (C=O) groups excluding carboxylic acids is 1. The van der Waals surface area contributed by atoms with Crippen molar-refractivity contribution in [2.75, 3.05) is 33.4 Å². The van der Waals surface area contributed by atoms with Gasteiger partial charge in [0, 0.05) is 12.0 Å². The van der Waals surface area contributed by atoms with Gasteiger partial charge in [-0.05, 0) is 63.4 Å². The quantitative estimate of drug-likeness (QED) is 0.501. The molecule has 1 aromatic rings. The monoisotopic (exact) mass is 375 g/mol. The first-order valence-corrected chi connectivity index (χ1v) is 10.4. The summed E-state index contributed by atoms with van der Waals surface area (Å²) in [6.07, 6.45) is 8.26. The second-order valence-corrected chi connectivity index (χ2v) is 7.67. The summed E-state index contributed by atoms with van der Waals surface area (Å²) < 4.78 is 16.8. The van der Waals surface area contributed by atoms with E-state index < -0.39 is 0 Å². The maximum atomic E-state index is 12.6. The number of benzene rings is 1. The van der Waals surface area contributed by atoms with Crippen molar-refractivity contribution in [3.05, 3.63) is 23.8 Å². The first kappa shape index (κ1) is 20.0. The summed E-state index contributed by atoms with van der Waals surface area (Å²) in [6, 6.07) is 5.87. The minimum atomic E-state index is -0.277.